The average Bonchev–Trinajstić information content (AvgIpc) is 2.92. The van der Waals surface area contributed by atoms with Crippen molar-refractivity contribution in [2.75, 3.05) is 18.4 Å². The highest BCUT2D eigenvalue weighted by Crippen LogP contribution is 2.12. The lowest BCUT2D eigenvalue weighted by Crippen LogP contribution is -2.39. The summed E-state index contributed by atoms with van der Waals surface area (Å²) in [6, 6.07) is 5.09. The molecule has 0 bridgehead atoms. The number of aromatic nitrogens is 1. The van der Waals surface area contributed by atoms with E-state index in [2.05, 4.69) is 10.3 Å². The van der Waals surface area contributed by atoms with Crippen LogP contribution >= 0.6 is 0 Å². The number of rotatable bonds is 3. The standard InChI is InChI=1S/C13H16N4O/c1-10(13(18)17-6-2-3-7-17)16-12-5-4-11(8-14)15-9-12/h4-5,9-10,16H,2-3,6-7H2,1H3. The fraction of sp³-hybridized carbons (Fsp3) is 0.462. The molecule has 1 unspecified atom stereocenters. The van der Waals surface area contributed by atoms with Gasteiger partial charge >= 0.3 is 0 Å². The minimum absolute atomic E-state index is 0.122. The van der Waals surface area contributed by atoms with Crippen LogP contribution in [-0.2, 0) is 4.79 Å². The lowest BCUT2D eigenvalue weighted by Gasteiger charge is -2.21. The molecule has 0 aliphatic carbocycles. The van der Waals surface area contributed by atoms with E-state index in [4.69, 9.17) is 5.26 Å². The van der Waals surface area contributed by atoms with Crippen LogP contribution < -0.4 is 5.32 Å². The minimum Gasteiger partial charge on any atom is -0.373 e. The fourth-order valence-corrected chi connectivity index (χ4v) is 2.07. The first-order chi connectivity index (χ1) is 8.70. The van der Waals surface area contributed by atoms with Gasteiger partial charge in [-0.25, -0.2) is 4.98 Å². The molecule has 1 aromatic rings. The number of nitrogens with one attached hydrogen (secondary N) is 1. The second kappa shape index (κ2) is 5.50. The molecule has 0 radical (unpaired) electrons. The molecule has 5 heteroatoms. The maximum Gasteiger partial charge on any atom is 0.244 e. The smallest absolute Gasteiger partial charge is 0.244 e. The molecule has 94 valence electrons. The van der Waals surface area contributed by atoms with E-state index >= 15 is 0 Å². The predicted octanol–water partition coefficient (Wildman–Crippen LogP) is 1.38. The van der Waals surface area contributed by atoms with E-state index in [0.29, 0.717) is 5.69 Å². The zero-order valence-electron chi connectivity index (χ0n) is 10.4. The SMILES string of the molecule is CC(Nc1ccc(C#N)nc1)C(=O)N1CCCC1. The molecule has 18 heavy (non-hydrogen) atoms. The zero-order chi connectivity index (χ0) is 13.0. The molecule has 1 aliphatic heterocycles. The Morgan fingerprint density at radius 3 is 2.78 bits per heavy atom. The molecule has 1 atom stereocenters. The highest BCUT2D eigenvalue weighted by atomic mass is 16.2. The van der Waals surface area contributed by atoms with Crippen molar-refractivity contribution in [3.05, 3.63) is 24.0 Å². The first-order valence-corrected chi connectivity index (χ1v) is 6.12. The fourth-order valence-electron chi connectivity index (χ4n) is 2.07. The van der Waals surface area contributed by atoms with Gasteiger partial charge < -0.3 is 10.2 Å². The van der Waals surface area contributed by atoms with Gasteiger partial charge in [0.1, 0.15) is 17.8 Å². The van der Waals surface area contributed by atoms with Gasteiger partial charge in [0.05, 0.1) is 11.9 Å². The van der Waals surface area contributed by atoms with E-state index in [1.54, 1.807) is 18.3 Å². The van der Waals surface area contributed by atoms with Crippen molar-refractivity contribution in [2.24, 2.45) is 0 Å². The van der Waals surface area contributed by atoms with Gasteiger partial charge in [-0.3, -0.25) is 4.79 Å². The van der Waals surface area contributed by atoms with Crippen LogP contribution in [0.2, 0.25) is 0 Å². The summed E-state index contributed by atoms with van der Waals surface area (Å²) >= 11 is 0. The van der Waals surface area contributed by atoms with Crippen molar-refractivity contribution >= 4 is 11.6 Å². The Balaban J connectivity index is 1.95. The first kappa shape index (κ1) is 12.4. The normalized spacial score (nSPS) is 16.1. The lowest BCUT2D eigenvalue weighted by molar-refractivity contribution is -0.130. The first-order valence-electron chi connectivity index (χ1n) is 6.12. The van der Waals surface area contributed by atoms with Crippen LogP contribution in [0.5, 0.6) is 0 Å². The summed E-state index contributed by atoms with van der Waals surface area (Å²) in [4.78, 5) is 17.9. The van der Waals surface area contributed by atoms with Gasteiger partial charge in [0.25, 0.3) is 0 Å². The molecule has 2 heterocycles. The van der Waals surface area contributed by atoms with Gasteiger partial charge in [-0.05, 0) is 31.9 Å². The summed E-state index contributed by atoms with van der Waals surface area (Å²) in [5.74, 6) is 0.122. The molecular formula is C13H16N4O. The predicted molar refractivity (Wildman–Crippen MR) is 67.9 cm³/mol. The zero-order valence-corrected chi connectivity index (χ0v) is 10.4. The van der Waals surface area contributed by atoms with Crippen LogP contribution in [0.1, 0.15) is 25.5 Å². The van der Waals surface area contributed by atoms with Crippen LogP contribution in [0.25, 0.3) is 0 Å². The summed E-state index contributed by atoms with van der Waals surface area (Å²) in [6.07, 6.45) is 3.76. The Morgan fingerprint density at radius 2 is 2.22 bits per heavy atom. The number of amides is 1. The number of nitrogens with zero attached hydrogens (tertiary/aromatic N) is 3. The third kappa shape index (κ3) is 2.77. The number of carbonyl (C=O) groups excluding carboxylic acids is 1. The summed E-state index contributed by atoms with van der Waals surface area (Å²) in [5.41, 5.74) is 1.13. The van der Waals surface area contributed by atoms with E-state index < -0.39 is 0 Å². The Bertz CT molecular complexity index is 457. The van der Waals surface area contributed by atoms with Gasteiger partial charge in [-0.15, -0.1) is 0 Å². The van der Waals surface area contributed by atoms with Crippen molar-refractivity contribution in [1.82, 2.24) is 9.88 Å². The molecule has 1 amide bonds. The minimum atomic E-state index is -0.266. The monoisotopic (exact) mass is 244 g/mol. The molecular weight excluding hydrogens is 228 g/mol. The van der Waals surface area contributed by atoms with Gasteiger partial charge in [0.15, 0.2) is 0 Å². The molecule has 1 N–H and O–H groups in total. The molecule has 0 saturated carbocycles. The van der Waals surface area contributed by atoms with Crippen molar-refractivity contribution in [3.8, 4) is 6.07 Å². The summed E-state index contributed by atoms with van der Waals surface area (Å²) in [6.45, 7) is 3.56. The second-order valence-corrected chi connectivity index (χ2v) is 4.44. The number of pyridine rings is 1. The van der Waals surface area contributed by atoms with Crippen molar-refractivity contribution in [1.29, 1.82) is 5.26 Å². The summed E-state index contributed by atoms with van der Waals surface area (Å²) in [7, 11) is 0. The maximum absolute atomic E-state index is 12.1. The van der Waals surface area contributed by atoms with Crippen molar-refractivity contribution in [2.45, 2.75) is 25.8 Å². The Labute approximate surface area is 106 Å². The largest absolute Gasteiger partial charge is 0.373 e. The second-order valence-electron chi connectivity index (χ2n) is 4.44. The molecule has 2 rings (SSSR count). The van der Waals surface area contributed by atoms with E-state index in [1.165, 1.54) is 0 Å². The Kier molecular flexibility index (Phi) is 3.78. The number of carbonyl (C=O) groups is 1. The molecule has 1 aliphatic rings. The molecule has 1 saturated heterocycles. The molecule has 1 aromatic heterocycles. The van der Waals surface area contributed by atoms with E-state index in [9.17, 15) is 4.79 Å². The van der Waals surface area contributed by atoms with E-state index in [-0.39, 0.29) is 11.9 Å². The molecule has 0 spiro atoms. The molecule has 1 fully saturated rings. The van der Waals surface area contributed by atoms with Gasteiger partial charge in [-0.2, -0.15) is 5.26 Å². The van der Waals surface area contributed by atoms with Crippen LogP contribution in [0.4, 0.5) is 5.69 Å². The van der Waals surface area contributed by atoms with E-state index in [0.717, 1.165) is 31.6 Å². The van der Waals surface area contributed by atoms with Crippen LogP contribution in [0, 0.1) is 11.3 Å². The number of anilines is 1. The summed E-state index contributed by atoms with van der Waals surface area (Å²) < 4.78 is 0. The Hall–Kier alpha value is -2.09. The third-order valence-corrected chi connectivity index (χ3v) is 3.05. The summed E-state index contributed by atoms with van der Waals surface area (Å²) in [5, 5.41) is 11.8. The van der Waals surface area contributed by atoms with Crippen LogP contribution in [0.3, 0.4) is 0 Å². The average molecular weight is 244 g/mol. The van der Waals surface area contributed by atoms with Crippen LogP contribution in [0.15, 0.2) is 18.3 Å². The third-order valence-electron chi connectivity index (χ3n) is 3.05. The number of hydrogen-bond acceptors (Lipinski definition) is 4. The number of likely N-dealkylation sites (tertiary alicyclic amines) is 1. The number of nitriles is 1. The lowest BCUT2D eigenvalue weighted by atomic mass is 10.2. The van der Waals surface area contributed by atoms with Gasteiger partial charge in [-0.1, -0.05) is 0 Å². The highest BCUT2D eigenvalue weighted by Gasteiger charge is 2.22. The van der Waals surface area contributed by atoms with Gasteiger partial charge in [0.2, 0.25) is 5.91 Å². The maximum atomic E-state index is 12.1. The quantitative estimate of drug-likeness (QED) is 0.872. The Morgan fingerprint density at radius 1 is 1.50 bits per heavy atom. The van der Waals surface area contributed by atoms with Crippen LogP contribution in [-0.4, -0.2) is 34.9 Å². The molecule has 0 aromatic carbocycles. The van der Waals surface area contributed by atoms with Crippen molar-refractivity contribution in [3.63, 3.8) is 0 Å². The molecule has 5 nitrogen and oxygen atoms in total. The van der Waals surface area contributed by atoms with Crippen molar-refractivity contribution < 1.29 is 4.79 Å². The van der Waals surface area contributed by atoms with E-state index in [1.807, 2.05) is 17.9 Å². The highest BCUT2D eigenvalue weighted by molar-refractivity contribution is 5.84. The number of hydrogen-bond donors (Lipinski definition) is 1. The van der Waals surface area contributed by atoms with Gasteiger partial charge in [0, 0.05) is 13.1 Å². The topological polar surface area (TPSA) is 69.0 Å².